The molecule has 3 aromatic carbocycles. The summed E-state index contributed by atoms with van der Waals surface area (Å²) in [5, 5.41) is 13.4. The Bertz CT molecular complexity index is 1320. The van der Waals surface area contributed by atoms with E-state index in [-0.39, 0.29) is 18.3 Å². The predicted octanol–water partition coefficient (Wildman–Crippen LogP) is 6.90. The van der Waals surface area contributed by atoms with Gasteiger partial charge >= 0.3 is 0 Å². The maximum Gasteiger partial charge on any atom is 0.251 e. The molecular formula is C24H18Cl3FN4OS. The summed E-state index contributed by atoms with van der Waals surface area (Å²) in [5.41, 5.74) is 3.04. The van der Waals surface area contributed by atoms with Gasteiger partial charge in [-0.15, -0.1) is 10.2 Å². The molecule has 0 radical (unpaired) electrons. The van der Waals surface area contributed by atoms with Gasteiger partial charge in [0.05, 0.1) is 12.2 Å². The number of benzene rings is 3. The lowest BCUT2D eigenvalue weighted by molar-refractivity contribution is 0.0949. The first-order chi connectivity index (χ1) is 16.3. The van der Waals surface area contributed by atoms with Crippen LogP contribution in [-0.2, 0) is 12.3 Å². The van der Waals surface area contributed by atoms with Crippen LogP contribution < -0.4 is 5.32 Å². The lowest BCUT2D eigenvalue weighted by Gasteiger charge is -2.14. The Balaban J connectivity index is 1.61. The third-order valence-electron chi connectivity index (χ3n) is 4.93. The summed E-state index contributed by atoms with van der Waals surface area (Å²) in [7, 11) is 0. The standard InChI is InChI=1S/C24H18Cl3FN4OS/c1-14-2-5-17(25)11-21(14)32-22(12-29-23(33)16-8-18(26)10-19(27)9-16)30-31-24(32)34-13-15-3-6-20(28)7-4-15/h2-11H,12-13H2,1H3,(H,29,33). The molecule has 1 aromatic heterocycles. The van der Waals surface area contributed by atoms with Gasteiger partial charge in [-0.25, -0.2) is 4.39 Å². The quantitative estimate of drug-likeness (QED) is 0.262. The second-order valence-electron chi connectivity index (χ2n) is 7.42. The highest BCUT2D eigenvalue weighted by Crippen LogP contribution is 2.29. The van der Waals surface area contributed by atoms with Crippen molar-refractivity contribution in [2.75, 3.05) is 0 Å². The van der Waals surface area contributed by atoms with Gasteiger partial charge in [-0.2, -0.15) is 0 Å². The number of nitrogens with one attached hydrogen (secondary N) is 1. The molecule has 34 heavy (non-hydrogen) atoms. The van der Waals surface area contributed by atoms with Crippen LogP contribution in [-0.4, -0.2) is 20.7 Å². The zero-order valence-corrected chi connectivity index (χ0v) is 20.9. The Morgan fingerprint density at radius 2 is 1.68 bits per heavy atom. The summed E-state index contributed by atoms with van der Waals surface area (Å²) < 4.78 is 15.1. The van der Waals surface area contributed by atoms with Crippen molar-refractivity contribution in [1.82, 2.24) is 20.1 Å². The number of halogens is 4. The monoisotopic (exact) mass is 534 g/mol. The van der Waals surface area contributed by atoms with Crippen LogP contribution in [0.5, 0.6) is 0 Å². The molecule has 4 rings (SSSR count). The van der Waals surface area contributed by atoms with Gasteiger partial charge in [0.2, 0.25) is 0 Å². The molecule has 0 aliphatic rings. The number of amides is 1. The van der Waals surface area contributed by atoms with E-state index in [0.717, 1.165) is 16.8 Å². The Labute approximate surface area is 215 Å². The van der Waals surface area contributed by atoms with Crippen LogP contribution in [0.4, 0.5) is 4.39 Å². The molecule has 0 saturated carbocycles. The SMILES string of the molecule is Cc1ccc(Cl)cc1-n1c(CNC(=O)c2cc(Cl)cc(Cl)c2)nnc1SCc1ccc(F)cc1. The number of carbonyl (C=O) groups is 1. The van der Waals surface area contributed by atoms with E-state index in [9.17, 15) is 9.18 Å². The van der Waals surface area contributed by atoms with Crippen molar-refractivity contribution in [3.05, 3.63) is 104 Å². The van der Waals surface area contributed by atoms with Gasteiger partial charge in [0, 0.05) is 26.4 Å². The molecule has 1 heterocycles. The summed E-state index contributed by atoms with van der Waals surface area (Å²) in [5.74, 6) is 0.451. The van der Waals surface area contributed by atoms with Gasteiger partial charge in [0.15, 0.2) is 11.0 Å². The second kappa shape index (κ2) is 10.8. The average molecular weight is 536 g/mol. The summed E-state index contributed by atoms with van der Waals surface area (Å²) in [6.45, 7) is 2.06. The predicted molar refractivity (Wildman–Crippen MR) is 135 cm³/mol. The topological polar surface area (TPSA) is 59.8 Å². The maximum atomic E-state index is 13.2. The highest BCUT2D eigenvalue weighted by atomic mass is 35.5. The number of aromatic nitrogens is 3. The van der Waals surface area contributed by atoms with Crippen LogP contribution in [0, 0.1) is 12.7 Å². The Morgan fingerprint density at radius 3 is 2.38 bits per heavy atom. The number of thioether (sulfide) groups is 1. The molecule has 0 spiro atoms. The van der Waals surface area contributed by atoms with Crippen molar-refractivity contribution in [2.45, 2.75) is 24.4 Å². The molecule has 0 aliphatic heterocycles. The van der Waals surface area contributed by atoms with Gasteiger partial charge < -0.3 is 5.32 Å². The first-order valence-electron chi connectivity index (χ1n) is 10.1. The molecular weight excluding hydrogens is 518 g/mol. The minimum Gasteiger partial charge on any atom is -0.345 e. The highest BCUT2D eigenvalue weighted by Gasteiger charge is 2.18. The van der Waals surface area contributed by atoms with E-state index < -0.39 is 0 Å². The number of hydrogen-bond donors (Lipinski definition) is 1. The summed E-state index contributed by atoms with van der Waals surface area (Å²) >= 11 is 19.8. The molecule has 4 aromatic rings. The Kier molecular flexibility index (Phi) is 7.78. The van der Waals surface area contributed by atoms with Gasteiger partial charge in [-0.3, -0.25) is 9.36 Å². The number of nitrogens with zero attached hydrogens (tertiary/aromatic N) is 3. The zero-order valence-electron chi connectivity index (χ0n) is 17.9. The number of rotatable bonds is 7. The van der Waals surface area contributed by atoms with Crippen molar-refractivity contribution >= 4 is 52.5 Å². The molecule has 174 valence electrons. The lowest BCUT2D eigenvalue weighted by atomic mass is 10.2. The summed E-state index contributed by atoms with van der Waals surface area (Å²) in [6, 6.07) is 16.5. The van der Waals surface area contributed by atoms with Gasteiger partial charge in [-0.05, 0) is 60.5 Å². The molecule has 1 amide bonds. The summed E-state index contributed by atoms with van der Waals surface area (Å²) in [4.78, 5) is 12.7. The molecule has 0 bridgehead atoms. The largest absolute Gasteiger partial charge is 0.345 e. The fourth-order valence-electron chi connectivity index (χ4n) is 3.25. The van der Waals surface area contributed by atoms with E-state index in [4.69, 9.17) is 34.8 Å². The fraction of sp³-hybridized carbons (Fsp3) is 0.125. The molecule has 0 fully saturated rings. The number of hydrogen-bond acceptors (Lipinski definition) is 4. The zero-order chi connectivity index (χ0) is 24.2. The van der Waals surface area contributed by atoms with Crippen LogP contribution in [0.25, 0.3) is 5.69 Å². The number of carbonyl (C=O) groups excluding carboxylic acids is 1. The van der Waals surface area contributed by atoms with E-state index in [0.29, 0.717) is 37.4 Å². The van der Waals surface area contributed by atoms with Gasteiger partial charge in [0.25, 0.3) is 5.91 Å². The van der Waals surface area contributed by atoms with Crippen molar-refractivity contribution in [1.29, 1.82) is 0 Å². The molecule has 10 heteroatoms. The average Bonchev–Trinajstić information content (AvgIpc) is 3.20. The normalized spacial score (nSPS) is 11.0. The lowest BCUT2D eigenvalue weighted by Crippen LogP contribution is -2.24. The molecule has 0 aliphatic carbocycles. The molecule has 0 unspecified atom stereocenters. The third-order valence-corrected chi connectivity index (χ3v) is 6.60. The minimum absolute atomic E-state index is 0.110. The first-order valence-corrected chi connectivity index (χ1v) is 12.2. The second-order valence-corrected chi connectivity index (χ2v) is 9.67. The highest BCUT2D eigenvalue weighted by molar-refractivity contribution is 7.98. The van der Waals surface area contributed by atoms with Crippen LogP contribution >= 0.6 is 46.6 Å². The maximum absolute atomic E-state index is 13.2. The van der Waals surface area contributed by atoms with E-state index in [1.165, 1.54) is 23.9 Å². The van der Waals surface area contributed by atoms with Gasteiger partial charge in [0.1, 0.15) is 5.82 Å². The smallest absolute Gasteiger partial charge is 0.251 e. The first kappa shape index (κ1) is 24.5. The van der Waals surface area contributed by atoms with Crippen molar-refractivity contribution in [3.8, 4) is 5.69 Å². The van der Waals surface area contributed by atoms with Crippen LogP contribution in [0.2, 0.25) is 15.1 Å². The molecule has 1 N–H and O–H groups in total. The van der Waals surface area contributed by atoms with Crippen molar-refractivity contribution in [3.63, 3.8) is 0 Å². The van der Waals surface area contributed by atoms with Gasteiger partial charge in [-0.1, -0.05) is 64.8 Å². The summed E-state index contributed by atoms with van der Waals surface area (Å²) in [6.07, 6.45) is 0. The van der Waals surface area contributed by atoms with Crippen LogP contribution in [0.1, 0.15) is 27.3 Å². The van der Waals surface area contributed by atoms with Crippen LogP contribution in [0.3, 0.4) is 0 Å². The Hall–Kier alpha value is -2.58. The minimum atomic E-state index is -0.345. The van der Waals surface area contributed by atoms with E-state index >= 15 is 0 Å². The van der Waals surface area contributed by atoms with Crippen LogP contribution in [0.15, 0.2) is 65.8 Å². The third kappa shape index (κ3) is 5.91. The number of aryl methyl sites for hydroxylation is 1. The Morgan fingerprint density at radius 1 is 0.971 bits per heavy atom. The van der Waals surface area contributed by atoms with E-state index in [1.807, 2.05) is 23.6 Å². The molecule has 0 atom stereocenters. The van der Waals surface area contributed by atoms with E-state index in [2.05, 4.69) is 15.5 Å². The van der Waals surface area contributed by atoms with Crippen molar-refractivity contribution in [2.24, 2.45) is 0 Å². The molecule has 0 saturated heterocycles. The van der Waals surface area contributed by atoms with Crippen molar-refractivity contribution < 1.29 is 9.18 Å². The van der Waals surface area contributed by atoms with E-state index in [1.54, 1.807) is 36.4 Å². The fourth-order valence-corrected chi connectivity index (χ4v) is 4.86. The molecule has 5 nitrogen and oxygen atoms in total.